The predicted octanol–water partition coefficient (Wildman–Crippen LogP) is 5.26. The van der Waals surface area contributed by atoms with Crippen LogP contribution in [0.1, 0.15) is 90.0 Å². The van der Waals surface area contributed by atoms with Gasteiger partial charge in [0.1, 0.15) is 24.0 Å². The lowest BCUT2D eigenvalue weighted by Crippen LogP contribution is -2.74. The molecule has 1 saturated carbocycles. The molecule has 4 saturated heterocycles. The number of hydrogen-bond acceptors (Lipinski definition) is 10. The Morgan fingerprint density at radius 1 is 0.850 bits per heavy atom. The number of piperidine rings is 2. The number of hydrogen-bond donors (Lipinski definition) is 2. The van der Waals surface area contributed by atoms with Gasteiger partial charge in [-0.15, -0.1) is 0 Å². The van der Waals surface area contributed by atoms with Gasteiger partial charge in [0, 0.05) is 97.5 Å². The molecule has 312 valence electrons. The van der Waals surface area contributed by atoms with Crippen molar-refractivity contribution in [2.24, 2.45) is 22.2 Å². The number of halogens is 1. The van der Waals surface area contributed by atoms with E-state index >= 15 is 0 Å². The Morgan fingerprint density at radius 3 is 2.17 bits per heavy atom. The van der Waals surface area contributed by atoms with Crippen molar-refractivity contribution in [3.63, 3.8) is 0 Å². The lowest BCUT2D eigenvalue weighted by Gasteiger charge is -2.63. The SMILES string of the molecule is CC1(C)[C@H](NC(=O)c2ccc(N3CC4(CN(CC5CCN(c6ccc7c(c6)C(=O)N(C6CCC(=O)NC6=O)C7=O)CC5)C4)C3)cc2)C(C)(C)[C@H]1Oc1ccc(C#N)c(Cl)c1. The second-order valence-electron chi connectivity index (χ2n) is 19.0. The van der Waals surface area contributed by atoms with Crippen LogP contribution < -0.4 is 25.2 Å². The number of carbonyl (C=O) groups is 5. The van der Waals surface area contributed by atoms with Crippen LogP contribution in [-0.2, 0) is 9.59 Å². The molecule has 2 N–H and O–H groups in total. The van der Waals surface area contributed by atoms with Crippen LogP contribution in [0.4, 0.5) is 11.4 Å². The number of imide groups is 2. The van der Waals surface area contributed by atoms with E-state index in [0.29, 0.717) is 44.4 Å². The Labute approximate surface area is 354 Å². The van der Waals surface area contributed by atoms with Crippen LogP contribution in [0.5, 0.6) is 5.75 Å². The Bertz CT molecular complexity index is 2320. The fourth-order valence-electron chi connectivity index (χ4n) is 11.2. The highest BCUT2D eigenvalue weighted by Gasteiger charge is 2.64. The van der Waals surface area contributed by atoms with Gasteiger partial charge in [-0.25, -0.2) is 0 Å². The summed E-state index contributed by atoms with van der Waals surface area (Å²) in [6.07, 6.45) is 2.14. The maximum absolute atomic E-state index is 13.5. The Balaban J connectivity index is 0.716. The summed E-state index contributed by atoms with van der Waals surface area (Å²) in [5, 5.41) is 15.1. The van der Waals surface area contributed by atoms with Gasteiger partial charge in [0.2, 0.25) is 11.8 Å². The topological polar surface area (TPSA) is 155 Å². The predicted molar refractivity (Wildman–Crippen MR) is 225 cm³/mol. The van der Waals surface area contributed by atoms with E-state index in [1.807, 2.05) is 30.3 Å². The second-order valence-corrected chi connectivity index (χ2v) is 19.4. The molecule has 1 spiro atoms. The summed E-state index contributed by atoms with van der Waals surface area (Å²) in [4.78, 5) is 72.3. The first-order valence-corrected chi connectivity index (χ1v) is 21.3. The normalized spacial score (nSPS) is 25.5. The third kappa shape index (κ3) is 6.78. The molecule has 60 heavy (non-hydrogen) atoms. The van der Waals surface area contributed by atoms with E-state index in [1.165, 1.54) is 0 Å². The summed E-state index contributed by atoms with van der Waals surface area (Å²) in [5.74, 6) is -0.869. The number of benzene rings is 3. The summed E-state index contributed by atoms with van der Waals surface area (Å²) >= 11 is 6.25. The number of nitrogens with zero attached hydrogens (tertiary/aromatic N) is 5. The van der Waals surface area contributed by atoms with E-state index in [1.54, 1.807) is 30.3 Å². The number of anilines is 2. The number of fused-ring (bicyclic) bond motifs is 1. The molecule has 5 amide bonds. The highest BCUT2D eigenvalue weighted by molar-refractivity contribution is 6.31. The monoisotopic (exact) mass is 831 g/mol. The molecule has 0 bridgehead atoms. The van der Waals surface area contributed by atoms with Crippen molar-refractivity contribution in [1.29, 1.82) is 5.26 Å². The van der Waals surface area contributed by atoms with Gasteiger partial charge in [-0.2, -0.15) is 5.26 Å². The first-order valence-electron chi connectivity index (χ1n) is 20.9. The molecule has 3 aromatic carbocycles. The smallest absolute Gasteiger partial charge is 0.262 e. The number of nitrogens with one attached hydrogen (secondary N) is 2. The van der Waals surface area contributed by atoms with Crippen molar-refractivity contribution in [3.8, 4) is 11.8 Å². The molecule has 1 atom stereocenters. The van der Waals surface area contributed by atoms with Crippen molar-refractivity contribution >= 4 is 52.5 Å². The third-order valence-corrected chi connectivity index (χ3v) is 14.3. The van der Waals surface area contributed by atoms with Crippen LogP contribution in [0.2, 0.25) is 5.02 Å². The first kappa shape index (κ1) is 40.0. The summed E-state index contributed by atoms with van der Waals surface area (Å²) in [6.45, 7) is 15.4. The number of ether oxygens (including phenoxy) is 1. The minimum Gasteiger partial charge on any atom is -0.489 e. The lowest BCUT2D eigenvalue weighted by atomic mass is 9.49. The van der Waals surface area contributed by atoms with Crippen molar-refractivity contribution in [2.45, 2.75) is 71.6 Å². The minimum atomic E-state index is -0.968. The molecule has 5 heterocycles. The molecule has 3 aromatic rings. The largest absolute Gasteiger partial charge is 0.489 e. The van der Waals surface area contributed by atoms with E-state index in [0.717, 1.165) is 74.9 Å². The molecule has 0 aromatic heterocycles. The van der Waals surface area contributed by atoms with E-state index < -0.39 is 23.8 Å². The van der Waals surface area contributed by atoms with Gasteiger partial charge in [0.15, 0.2) is 0 Å². The van der Waals surface area contributed by atoms with Gasteiger partial charge < -0.3 is 24.8 Å². The summed E-state index contributed by atoms with van der Waals surface area (Å²) in [5.41, 5.74) is 3.30. The van der Waals surface area contributed by atoms with Crippen molar-refractivity contribution in [1.82, 2.24) is 20.4 Å². The minimum absolute atomic E-state index is 0.0951. The quantitative estimate of drug-likeness (QED) is 0.273. The molecule has 1 unspecified atom stereocenters. The average molecular weight is 832 g/mol. The number of nitriles is 1. The average Bonchev–Trinajstić information content (AvgIpc) is 3.44. The number of carbonyl (C=O) groups excluding carboxylic acids is 5. The maximum atomic E-state index is 13.5. The lowest BCUT2D eigenvalue weighted by molar-refractivity contribution is -0.164. The fourth-order valence-corrected chi connectivity index (χ4v) is 11.4. The van der Waals surface area contributed by atoms with Gasteiger partial charge in [0.25, 0.3) is 17.7 Å². The van der Waals surface area contributed by atoms with E-state index in [9.17, 15) is 29.2 Å². The Kier molecular flexibility index (Phi) is 9.75. The molecule has 0 radical (unpaired) electrons. The molecule has 9 rings (SSSR count). The molecule has 13 nitrogen and oxygen atoms in total. The van der Waals surface area contributed by atoms with Crippen molar-refractivity contribution in [2.75, 3.05) is 55.6 Å². The van der Waals surface area contributed by atoms with Gasteiger partial charge in [-0.1, -0.05) is 39.3 Å². The van der Waals surface area contributed by atoms with Crippen molar-refractivity contribution < 1.29 is 28.7 Å². The van der Waals surface area contributed by atoms with Gasteiger partial charge in [-0.3, -0.25) is 34.2 Å². The molecule has 1 aliphatic carbocycles. The number of likely N-dealkylation sites (tertiary alicyclic amines) is 1. The van der Waals surface area contributed by atoms with Crippen LogP contribution in [0, 0.1) is 33.5 Å². The molecular weight excluding hydrogens is 782 g/mol. The van der Waals surface area contributed by atoms with Crippen LogP contribution >= 0.6 is 11.6 Å². The van der Waals surface area contributed by atoms with Crippen LogP contribution in [0.3, 0.4) is 0 Å². The van der Waals surface area contributed by atoms with Crippen LogP contribution in [0.25, 0.3) is 0 Å². The van der Waals surface area contributed by atoms with Crippen molar-refractivity contribution in [3.05, 3.63) is 87.9 Å². The highest BCUT2D eigenvalue weighted by Crippen LogP contribution is 2.56. The second kappa shape index (κ2) is 14.6. The fraction of sp³-hybridized carbons (Fsp3) is 0.478. The third-order valence-electron chi connectivity index (χ3n) is 14.0. The van der Waals surface area contributed by atoms with E-state index in [-0.39, 0.29) is 47.6 Å². The molecule has 5 fully saturated rings. The summed E-state index contributed by atoms with van der Waals surface area (Å²) < 4.78 is 6.38. The Morgan fingerprint density at radius 2 is 1.52 bits per heavy atom. The van der Waals surface area contributed by atoms with Gasteiger partial charge in [-0.05, 0) is 79.8 Å². The zero-order chi connectivity index (χ0) is 42.3. The molecule has 6 aliphatic rings. The maximum Gasteiger partial charge on any atom is 0.262 e. The molecule has 5 aliphatic heterocycles. The molecular formula is C46H50ClN7O6. The standard InChI is InChI=1S/C46H50ClN7O6/c1-44(2)42(45(3,4)43(44)60-32-11-7-29(21-48)35(47)20-32)50-38(56)28-5-8-30(9-6-28)53-25-46(26-53)23-51(24-46)22-27-15-17-52(18-16-27)31-10-12-33-34(19-31)41(59)54(40(33)58)36-13-14-37(55)49-39(36)57/h5-12,19-20,27,36,42-43H,13-18,22-26H2,1-4H3,(H,50,56)(H,49,55,57)/t36?,42-,43-. The zero-order valence-corrected chi connectivity index (χ0v) is 35.2. The summed E-state index contributed by atoms with van der Waals surface area (Å²) in [6, 6.07) is 19.4. The molecule has 14 heteroatoms. The Hall–Kier alpha value is -5.45. The zero-order valence-electron chi connectivity index (χ0n) is 34.4. The van der Waals surface area contributed by atoms with Gasteiger partial charge in [0.05, 0.1) is 21.7 Å². The van der Waals surface area contributed by atoms with E-state index in [2.05, 4.69) is 59.1 Å². The first-order chi connectivity index (χ1) is 28.6. The number of rotatable bonds is 9. The highest BCUT2D eigenvalue weighted by atomic mass is 35.5. The van der Waals surface area contributed by atoms with Crippen LogP contribution in [0.15, 0.2) is 60.7 Å². The van der Waals surface area contributed by atoms with Gasteiger partial charge >= 0.3 is 0 Å². The number of amides is 5. The van der Waals surface area contributed by atoms with Crippen LogP contribution in [-0.4, -0.2) is 103 Å². The summed E-state index contributed by atoms with van der Waals surface area (Å²) in [7, 11) is 0. The van der Waals surface area contributed by atoms with E-state index in [4.69, 9.17) is 16.3 Å².